The van der Waals surface area contributed by atoms with Crippen molar-refractivity contribution in [1.82, 2.24) is 0 Å². The predicted molar refractivity (Wildman–Crippen MR) is 110 cm³/mol. The van der Waals surface area contributed by atoms with Gasteiger partial charge >= 0.3 is 0 Å². The molecule has 0 spiro atoms. The van der Waals surface area contributed by atoms with Gasteiger partial charge in [0.05, 0.1) is 0 Å². The van der Waals surface area contributed by atoms with E-state index in [-0.39, 0.29) is 5.92 Å². The number of allylic oxidation sites excluding steroid dienone is 7. The minimum absolute atomic E-state index is 0.141. The summed E-state index contributed by atoms with van der Waals surface area (Å²) in [5, 5.41) is 0. The standard InChI is InChI=1S/C24H32/c1-15(2)13-22(16(3)4)24(23(17(5)6)18(7)8)21-12-11-19(9)14-20(21)10/h11-14,24H,1,3,5H2,2,4,6-10H3/b22-13+. The van der Waals surface area contributed by atoms with Crippen LogP contribution in [0, 0.1) is 13.8 Å². The summed E-state index contributed by atoms with van der Waals surface area (Å²) in [5.41, 5.74) is 10.9. The molecule has 0 radical (unpaired) electrons. The number of rotatable bonds is 6. The molecular formula is C24H32. The third-order valence-corrected chi connectivity index (χ3v) is 4.23. The molecule has 0 nitrogen and oxygen atoms in total. The molecule has 0 amide bonds. The average Bonchev–Trinajstić information content (AvgIpc) is 2.41. The van der Waals surface area contributed by atoms with Gasteiger partial charge in [-0.3, -0.25) is 0 Å². The van der Waals surface area contributed by atoms with Crippen LogP contribution in [-0.2, 0) is 0 Å². The van der Waals surface area contributed by atoms with Gasteiger partial charge in [0.2, 0.25) is 0 Å². The first-order chi connectivity index (χ1) is 11.1. The van der Waals surface area contributed by atoms with Crippen molar-refractivity contribution in [3.05, 3.63) is 94.1 Å². The highest BCUT2D eigenvalue weighted by Gasteiger charge is 2.24. The van der Waals surface area contributed by atoms with Crippen molar-refractivity contribution < 1.29 is 0 Å². The zero-order chi connectivity index (χ0) is 18.6. The van der Waals surface area contributed by atoms with Gasteiger partial charge in [0, 0.05) is 5.92 Å². The van der Waals surface area contributed by atoms with Crippen molar-refractivity contribution >= 4 is 0 Å². The van der Waals surface area contributed by atoms with Crippen molar-refractivity contribution in [2.24, 2.45) is 0 Å². The van der Waals surface area contributed by atoms with Crippen LogP contribution < -0.4 is 0 Å². The fraction of sp³-hybridized carbons (Fsp3) is 0.333. The SMILES string of the molecule is C=C(C)/C=C(\C(=C)C)C(C(C(=C)C)=C(C)C)c1ccc(C)cc1C. The summed E-state index contributed by atoms with van der Waals surface area (Å²) in [6, 6.07) is 6.68. The van der Waals surface area contributed by atoms with E-state index in [1.165, 1.54) is 33.4 Å². The minimum atomic E-state index is 0.141. The minimum Gasteiger partial charge on any atom is -0.0961 e. The van der Waals surface area contributed by atoms with E-state index >= 15 is 0 Å². The van der Waals surface area contributed by atoms with Crippen LogP contribution in [0.3, 0.4) is 0 Å². The van der Waals surface area contributed by atoms with E-state index in [0.717, 1.165) is 16.7 Å². The van der Waals surface area contributed by atoms with Crippen LogP contribution in [0.25, 0.3) is 0 Å². The second kappa shape index (κ2) is 8.15. The highest BCUT2D eigenvalue weighted by molar-refractivity contribution is 5.55. The zero-order valence-corrected chi connectivity index (χ0v) is 16.5. The summed E-state index contributed by atoms with van der Waals surface area (Å²) < 4.78 is 0. The summed E-state index contributed by atoms with van der Waals surface area (Å²) >= 11 is 0. The third-order valence-electron chi connectivity index (χ3n) is 4.23. The average molecular weight is 321 g/mol. The summed E-state index contributed by atoms with van der Waals surface area (Å²) in [4.78, 5) is 0. The first-order valence-corrected chi connectivity index (χ1v) is 8.49. The van der Waals surface area contributed by atoms with Gasteiger partial charge in [-0.05, 0) is 70.7 Å². The van der Waals surface area contributed by atoms with E-state index in [9.17, 15) is 0 Å². The molecule has 1 atom stereocenters. The first-order valence-electron chi connectivity index (χ1n) is 8.49. The molecule has 1 aromatic rings. The third kappa shape index (κ3) is 4.71. The summed E-state index contributed by atoms with van der Waals surface area (Å²) in [6.07, 6.45) is 2.16. The molecule has 1 rings (SSSR count). The molecule has 0 aromatic heterocycles. The molecule has 24 heavy (non-hydrogen) atoms. The Balaban J connectivity index is 3.82. The van der Waals surface area contributed by atoms with E-state index in [0.29, 0.717) is 0 Å². The lowest BCUT2D eigenvalue weighted by molar-refractivity contribution is 0.903. The smallest absolute Gasteiger partial charge is 0.0346 e. The van der Waals surface area contributed by atoms with Crippen LogP contribution in [-0.4, -0.2) is 0 Å². The largest absolute Gasteiger partial charge is 0.0961 e. The summed E-state index contributed by atoms with van der Waals surface area (Å²) in [7, 11) is 0. The molecule has 1 aromatic carbocycles. The Morgan fingerprint density at radius 1 is 0.917 bits per heavy atom. The highest BCUT2D eigenvalue weighted by Crippen LogP contribution is 2.41. The van der Waals surface area contributed by atoms with E-state index in [2.05, 4.69) is 85.6 Å². The fourth-order valence-electron chi connectivity index (χ4n) is 3.31. The van der Waals surface area contributed by atoms with Crippen molar-refractivity contribution in [1.29, 1.82) is 0 Å². The molecule has 1 unspecified atom stereocenters. The Morgan fingerprint density at radius 3 is 1.88 bits per heavy atom. The van der Waals surface area contributed by atoms with Crippen LogP contribution in [0.1, 0.15) is 57.2 Å². The molecule has 128 valence electrons. The Bertz CT molecular complexity index is 731. The first kappa shape index (κ1) is 20.0. The molecule has 0 aliphatic carbocycles. The molecule has 0 saturated heterocycles. The molecule has 0 aliphatic rings. The molecule has 0 saturated carbocycles. The Hall–Kier alpha value is -2.08. The maximum absolute atomic E-state index is 4.25. The van der Waals surface area contributed by atoms with E-state index in [1.807, 2.05) is 6.92 Å². The van der Waals surface area contributed by atoms with Crippen LogP contribution in [0.15, 0.2) is 77.5 Å². The van der Waals surface area contributed by atoms with Gasteiger partial charge in [-0.25, -0.2) is 0 Å². The maximum Gasteiger partial charge on any atom is 0.0346 e. The number of hydrogen-bond donors (Lipinski definition) is 0. The van der Waals surface area contributed by atoms with Crippen LogP contribution in [0.4, 0.5) is 0 Å². The van der Waals surface area contributed by atoms with Crippen LogP contribution >= 0.6 is 0 Å². The van der Waals surface area contributed by atoms with Crippen molar-refractivity contribution in [2.45, 2.75) is 54.4 Å². The normalized spacial score (nSPS) is 12.5. The monoisotopic (exact) mass is 320 g/mol. The Kier molecular flexibility index (Phi) is 6.78. The van der Waals surface area contributed by atoms with Crippen LogP contribution in [0.5, 0.6) is 0 Å². The molecule has 0 fully saturated rings. The second-order valence-electron chi connectivity index (χ2n) is 7.21. The van der Waals surface area contributed by atoms with E-state index in [1.54, 1.807) is 0 Å². The number of benzene rings is 1. The second-order valence-corrected chi connectivity index (χ2v) is 7.21. The van der Waals surface area contributed by atoms with Gasteiger partial charge in [0.25, 0.3) is 0 Å². The van der Waals surface area contributed by atoms with Gasteiger partial charge < -0.3 is 0 Å². The summed E-state index contributed by atoms with van der Waals surface area (Å²) in [5.74, 6) is 0.141. The predicted octanol–water partition coefficient (Wildman–Crippen LogP) is 7.38. The van der Waals surface area contributed by atoms with Crippen molar-refractivity contribution in [3.63, 3.8) is 0 Å². The topological polar surface area (TPSA) is 0 Å². The molecular weight excluding hydrogens is 288 g/mol. The maximum atomic E-state index is 4.25. The molecule has 0 heteroatoms. The fourth-order valence-corrected chi connectivity index (χ4v) is 3.31. The quantitative estimate of drug-likeness (QED) is 0.480. The molecule has 0 N–H and O–H groups in total. The van der Waals surface area contributed by atoms with Gasteiger partial charge in [-0.2, -0.15) is 0 Å². The van der Waals surface area contributed by atoms with Gasteiger partial charge in [0.15, 0.2) is 0 Å². The zero-order valence-electron chi connectivity index (χ0n) is 16.5. The van der Waals surface area contributed by atoms with E-state index in [4.69, 9.17) is 0 Å². The van der Waals surface area contributed by atoms with Crippen molar-refractivity contribution in [3.8, 4) is 0 Å². The van der Waals surface area contributed by atoms with Crippen LogP contribution in [0.2, 0.25) is 0 Å². The molecule has 0 bridgehead atoms. The van der Waals surface area contributed by atoms with E-state index < -0.39 is 0 Å². The Morgan fingerprint density at radius 2 is 1.50 bits per heavy atom. The lowest BCUT2D eigenvalue weighted by atomic mass is 9.76. The lowest BCUT2D eigenvalue weighted by Crippen LogP contribution is -2.11. The molecule has 0 heterocycles. The van der Waals surface area contributed by atoms with Gasteiger partial charge in [-0.15, -0.1) is 0 Å². The highest BCUT2D eigenvalue weighted by atomic mass is 14.3. The van der Waals surface area contributed by atoms with Crippen molar-refractivity contribution in [2.75, 3.05) is 0 Å². The van der Waals surface area contributed by atoms with Gasteiger partial charge in [0.1, 0.15) is 0 Å². The Labute approximate surface area is 149 Å². The summed E-state index contributed by atoms with van der Waals surface area (Å²) in [6.45, 7) is 27.4. The van der Waals surface area contributed by atoms with Gasteiger partial charge in [-0.1, -0.05) is 71.9 Å². The number of hydrogen-bond acceptors (Lipinski definition) is 0. The number of aryl methyl sites for hydroxylation is 2. The lowest BCUT2D eigenvalue weighted by Gasteiger charge is -2.28. The molecule has 0 aliphatic heterocycles.